The first-order chi connectivity index (χ1) is 10.4. The molecule has 0 saturated heterocycles. The van der Waals surface area contributed by atoms with E-state index in [1.807, 2.05) is 11.8 Å². The molecular weight excluding hydrogens is 276 g/mol. The van der Waals surface area contributed by atoms with E-state index in [1.165, 1.54) is 47.2 Å². The zero-order valence-electron chi connectivity index (χ0n) is 13.4. The lowest BCUT2D eigenvalue weighted by atomic mass is 10.1. The van der Waals surface area contributed by atoms with Crippen molar-refractivity contribution in [3.8, 4) is 0 Å². The Morgan fingerprint density at radius 1 is 1.14 bits per heavy atom. The Bertz CT molecular complexity index is 533. The fourth-order valence-electron chi connectivity index (χ4n) is 2.76. The van der Waals surface area contributed by atoms with E-state index >= 15 is 0 Å². The van der Waals surface area contributed by atoms with Gasteiger partial charge in [-0.3, -0.25) is 0 Å². The summed E-state index contributed by atoms with van der Waals surface area (Å²) in [7, 11) is 0. The third-order valence-corrected chi connectivity index (χ3v) is 4.73. The number of fused-ring (bicyclic) bond motifs is 1. The average Bonchev–Trinajstić information content (AvgIpc) is 2.86. The molecule has 1 heterocycles. The highest BCUT2D eigenvalue weighted by Gasteiger charge is 2.07. The van der Waals surface area contributed by atoms with Gasteiger partial charge >= 0.3 is 0 Å². The van der Waals surface area contributed by atoms with Gasteiger partial charge in [-0.25, -0.2) is 0 Å². The van der Waals surface area contributed by atoms with Gasteiger partial charge in [-0.1, -0.05) is 32.0 Å². The number of benzene rings is 1. The minimum atomic E-state index is 1.08. The fourth-order valence-corrected chi connectivity index (χ4v) is 3.37. The van der Waals surface area contributed by atoms with Crippen LogP contribution in [0.25, 0.3) is 10.9 Å². The molecule has 0 atom stereocenters. The van der Waals surface area contributed by atoms with E-state index < -0.39 is 0 Å². The maximum Gasteiger partial charge on any atom is 0.0483 e. The number of nitrogens with one attached hydrogen (secondary N) is 1. The lowest BCUT2D eigenvalue weighted by Crippen LogP contribution is -2.13. The molecule has 3 heteroatoms. The Hall–Kier alpha value is -0.930. The summed E-state index contributed by atoms with van der Waals surface area (Å²) in [6.07, 6.45) is 6.11. The maximum atomic E-state index is 3.40. The van der Waals surface area contributed by atoms with Crippen LogP contribution in [-0.4, -0.2) is 29.2 Å². The fraction of sp³-hybridized carbons (Fsp3) is 0.556. The van der Waals surface area contributed by atoms with Gasteiger partial charge in [-0.15, -0.1) is 0 Å². The lowest BCUT2D eigenvalue weighted by molar-refractivity contribution is 0.641. The molecule has 0 fully saturated rings. The molecular formula is C18H28N2S. The van der Waals surface area contributed by atoms with Gasteiger partial charge in [-0.2, -0.15) is 11.8 Å². The molecule has 0 spiro atoms. The standard InChI is InChI=1S/C18H28N2S/c1-3-19-12-8-7-9-16-15-20(13-14-21-4-2)18-11-6-5-10-17(16)18/h5-6,10-11,15,19H,3-4,7-9,12-14H2,1-2H3. The van der Waals surface area contributed by atoms with Crippen LogP contribution in [0.1, 0.15) is 32.3 Å². The molecule has 1 aromatic carbocycles. The van der Waals surface area contributed by atoms with Gasteiger partial charge in [-0.05, 0) is 49.7 Å². The molecule has 2 aromatic rings. The minimum absolute atomic E-state index is 1.08. The molecule has 2 rings (SSSR count). The first-order valence-corrected chi connectivity index (χ1v) is 9.37. The largest absolute Gasteiger partial charge is 0.346 e. The van der Waals surface area contributed by atoms with Crippen molar-refractivity contribution in [3.05, 3.63) is 36.0 Å². The first-order valence-electron chi connectivity index (χ1n) is 8.22. The Balaban J connectivity index is 2.01. The van der Waals surface area contributed by atoms with Gasteiger partial charge in [0.25, 0.3) is 0 Å². The van der Waals surface area contributed by atoms with Crippen molar-refractivity contribution < 1.29 is 0 Å². The number of hydrogen-bond donors (Lipinski definition) is 1. The molecule has 1 N–H and O–H groups in total. The van der Waals surface area contributed by atoms with Gasteiger partial charge in [0, 0.05) is 29.4 Å². The Morgan fingerprint density at radius 3 is 2.81 bits per heavy atom. The summed E-state index contributed by atoms with van der Waals surface area (Å²) >= 11 is 2.02. The van der Waals surface area contributed by atoms with Crippen LogP contribution in [0.2, 0.25) is 0 Å². The zero-order valence-corrected chi connectivity index (χ0v) is 14.2. The first kappa shape index (κ1) is 16.4. The molecule has 0 aliphatic carbocycles. The number of thioether (sulfide) groups is 1. The number of hydrogen-bond acceptors (Lipinski definition) is 2. The van der Waals surface area contributed by atoms with Crippen molar-refractivity contribution in [2.75, 3.05) is 24.6 Å². The van der Waals surface area contributed by atoms with Gasteiger partial charge in [0.1, 0.15) is 0 Å². The third-order valence-electron chi connectivity index (χ3n) is 3.85. The third kappa shape index (κ3) is 4.79. The minimum Gasteiger partial charge on any atom is -0.346 e. The molecule has 0 amide bonds. The van der Waals surface area contributed by atoms with Crippen LogP contribution in [0.4, 0.5) is 0 Å². The summed E-state index contributed by atoms with van der Waals surface area (Å²) in [5.41, 5.74) is 2.92. The highest BCUT2D eigenvalue weighted by Crippen LogP contribution is 2.23. The smallest absolute Gasteiger partial charge is 0.0483 e. The molecule has 21 heavy (non-hydrogen) atoms. The average molecular weight is 305 g/mol. The SMILES string of the molecule is CCNCCCCc1cn(CCSCC)c2ccccc12. The van der Waals surface area contributed by atoms with Crippen molar-refractivity contribution in [2.24, 2.45) is 0 Å². The van der Waals surface area contributed by atoms with Crippen molar-refractivity contribution in [1.29, 1.82) is 0 Å². The molecule has 1 aromatic heterocycles. The maximum absolute atomic E-state index is 3.40. The second-order valence-corrected chi connectivity index (χ2v) is 6.77. The van der Waals surface area contributed by atoms with Crippen LogP contribution in [0.5, 0.6) is 0 Å². The second-order valence-electron chi connectivity index (χ2n) is 5.37. The normalized spacial score (nSPS) is 11.3. The van der Waals surface area contributed by atoms with Crippen molar-refractivity contribution in [3.63, 3.8) is 0 Å². The number of rotatable bonds is 10. The van der Waals surface area contributed by atoms with Crippen LogP contribution in [0.3, 0.4) is 0 Å². The monoisotopic (exact) mass is 304 g/mol. The van der Waals surface area contributed by atoms with E-state index in [9.17, 15) is 0 Å². The van der Waals surface area contributed by atoms with E-state index in [0.29, 0.717) is 0 Å². The predicted molar refractivity (Wildman–Crippen MR) is 96.4 cm³/mol. The molecule has 0 aliphatic heterocycles. The summed E-state index contributed by atoms with van der Waals surface area (Å²) in [6, 6.07) is 8.85. The highest BCUT2D eigenvalue weighted by molar-refractivity contribution is 7.99. The van der Waals surface area contributed by atoms with Gasteiger partial charge in [0.15, 0.2) is 0 Å². The number of nitrogens with zero attached hydrogens (tertiary/aromatic N) is 1. The van der Waals surface area contributed by atoms with Crippen molar-refractivity contribution >= 4 is 22.7 Å². The van der Waals surface area contributed by atoms with E-state index in [-0.39, 0.29) is 0 Å². The van der Waals surface area contributed by atoms with E-state index in [4.69, 9.17) is 0 Å². The van der Waals surface area contributed by atoms with E-state index in [0.717, 1.165) is 19.6 Å². The molecule has 0 aliphatic rings. The van der Waals surface area contributed by atoms with Crippen LogP contribution < -0.4 is 5.32 Å². The summed E-state index contributed by atoms with van der Waals surface area (Å²) in [5.74, 6) is 2.41. The molecule has 0 saturated carbocycles. The number of aryl methyl sites for hydroxylation is 2. The van der Waals surface area contributed by atoms with Crippen LogP contribution in [-0.2, 0) is 13.0 Å². The number of para-hydroxylation sites is 1. The lowest BCUT2D eigenvalue weighted by Gasteiger charge is -2.03. The summed E-state index contributed by atoms with van der Waals surface area (Å²) < 4.78 is 2.44. The predicted octanol–water partition coefficient (Wildman–Crippen LogP) is 4.33. The number of unbranched alkanes of at least 4 members (excludes halogenated alkanes) is 1. The van der Waals surface area contributed by atoms with Crippen LogP contribution >= 0.6 is 11.8 Å². The Kier molecular flexibility index (Phi) is 7.17. The Labute approximate surface area is 133 Å². The Morgan fingerprint density at radius 2 is 2.00 bits per heavy atom. The topological polar surface area (TPSA) is 17.0 Å². The molecule has 0 bridgehead atoms. The van der Waals surface area contributed by atoms with Crippen LogP contribution in [0.15, 0.2) is 30.5 Å². The highest BCUT2D eigenvalue weighted by atomic mass is 32.2. The second kappa shape index (κ2) is 9.16. The zero-order chi connectivity index (χ0) is 14.9. The van der Waals surface area contributed by atoms with Crippen LogP contribution in [0, 0.1) is 0 Å². The summed E-state index contributed by atoms with van der Waals surface area (Å²) in [4.78, 5) is 0. The van der Waals surface area contributed by atoms with Gasteiger partial charge < -0.3 is 9.88 Å². The van der Waals surface area contributed by atoms with Crippen molar-refractivity contribution in [1.82, 2.24) is 9.88 Å². The van der Waals surface area contributed by atoms with Gasteiger partial charge in [0.2, 0.25) is 0 Å². The van der Waals surface area contributed by atoms with Gasteiger partial charge in [0.05, 0.1) is 0 Å². The number of aromatic nitrogens is 1. The summed E-state index contributed by atoms with van der Waals surface area (Å²) in [5, 5.41) is 4.85. The van der Waals surface area contributed by atoms with Crippen molar-refractivity contribution in [2.45, 2.75) is 39.7 Å². The van der Waals surface area contributed by atoms with E-state index in [2.05, 4.69) is 54.2 Å². The molecule has 0 radical (unpaired) electrons. The quantitative estimate of drug-likeness (QED) is 0.658. The molecule has 0 unspecified atom stereocenters. The molecule has 2 nitrogen and oxygen atoms in total. The van der Waals surface area contributed by atoms with E-state index in [1.54, 1.807) is 0 Å². The molecule has 116 valence electrons. The summed E-state index contributed by atoms with van der Waals surface area (Å²) in [6.45, 7) is 7.74.